The summed E-state index contributed by atoms with van der Waals surface area (Å²) in [5, 5.41) is 0. The van der Waals surface area contributed by atoms with Gasteiger partial charge in [0.1, 0.15) is 11.6 Å². The monoisotopic (exact) mass is 220 g/mol. The SMILES string of the molecule is CS(=O)(=O)OCOc1cccc(F)c1. The Balaban J connectivity index is 2.47. The minimum absolute atomic E-state index is 0.216. The van der Waals surface area contributed by atoms with Crippen LogP contribution in [0.5, 0.6) is 5.75 Å². The molecule has 0 aliphatic rings. The third kappa shape index (κ3) is 4.20. The zero-order valence-electron chi connectivity index (χ0n) is 7.44. The van der Waals surface area contributed by atoms with Crippen LogP contribution in [0.15, 0.2) is 24.3 Å². The number of benzene rings is 1. The van der Waals surface area contributed by atoms with E-state index in [4.69, 9.17) is 4.74 Å². The van der Waals surface area contributed by atoms with Crippen molar-refractivity contribution in [3.05, 3.63) is 30.1 Å². The summed E-state index contributed by atoms with van der Waals surface area (Å²) in [5.41, 5.74) is 0. The van der Waals surface area contributed by atoms with Crippen LogP contribution in [0.3, 0.4) is 0 Å². The van der Waals surface area contributed by atoms with Gasteiger partial charge in [-0.15, -0.1) is 0 Å². The molecule has 0 atom stereocenters. The Morgan fingerprint density at radius 1 is 1.43 bits per heavy atom. The fourth-order valence-electron chi connectivity index (χ4n) is 0.736. The molecule has 0 aliphatic carbocycles. The first-order valence-corrected chi connectivity index (χ1v) is 5.52. The molecule has 1 aromatic rings. The molecule has 0 unspecified atom stereocenters. The summed E-state index contributed by atoms with van der Waals surface area (Å²) in [5.74, 6) is -0.240. The second-order valence-electron chi connectivity index (χ2n) is 2.54. The second-order valence-corrected chi connectivity index (χ2v) is 4.19. The Labute approximate surface area is 81.4 Å². The van der Waals surface area contributed by atoms with Crippen LogP contribution in [-0.2, 0) is 14.3 Å². The van der Waals surface area contributed by atoms with Gasteiger partial charge in [-0.1, -0.05) is 6.07 Å². The summed E-state index contributed by atoms with van der Waals surface area (Å²) in [6.07, 6.45) is 0.905. The van der Waals surface area contributed by atoms with Crippen molar-refractivity contribution in [3.8, 4) is 5.75 Å². The first-order valence-electron chi connectivity index (χ1n) is 3.70. The molecule has 0 N–H and O–H groups in total. The average Bonchev–Trinajstić information content (AvgIpc) is 2.01. The van der Waals surface area contributed by atoms with E-state index in [1.54, 1.807) is 0 Å². The van der Waals surface area contributed by atoms with Crippen LogP contribution >= 0.6 is 0 Å². The van der Waals surface area contributed by atoms with E-state index in [-0.39, 0.29) is 5.75 Å². The third-order valence-corrected chi connectivity index (χ3v) is 1.81. The first kappa shape index (κ1) is 10.9. The van der Waals surface area contributed by atoms with Crippen LogP contribution in [0, 0.1) is 5.82 Å². The molecule has 0 heterocycles. The molecular weight excluding hydrogens is 211 g/mol. The van der Waals surface area contributed by atoms with Gasteiger partial charge >= 0.3 is 0 Å². The van der Waals surface area contributed by atoms with Gasteiger partial charge in [0.15, 0.2) is 0 Å². The van der Waals surface area contributed by atoms with Crippen LogP contribution in [0.1, 0.15) is 0 Å². The number of ether oxygens (including phenoxy) is 1. The van der Waals surface area contributed by atoms with E-state index in [1.807, 2.05) is 0 Å². The van der Waals surface area contributed by atoms with Gasteiger partial charge in [-0.25, -0.2) is 8.57 Å². The Bertz CT molecular complexity index is 402. The van der Waals surface area contributed by atoms with Crippen molar-refractivity contribution in [2.45, 2.75) is 0 Å². The molecule has 78 valence electrons. The molecule has 14 heavy (non-hydrogen) atoms. The Hall–Kier alpha value is -1.14. The molecule has 4 nitrogen and oxygen atoms in total. The summed E-state index contributed by atoms with van der Waals surface area (Å²) in [7, 11) is -3.52. The van der Waals surface area contributed by atoms with Crippen molar-refractivity contribution in [1.82, 2.24) is 0 Å². The zero-order chi connectivity index (χ0) is 10.6. The van der Waals surface area contributed by atoms with Crippen LogP contribution in [0.2, 0.25) is 0 Å². The topological polar surface area (TPSA) is 52.6 Å². The maximum atomic E-state index is 12.6. The predicted molar refractivity (Wildman–Crippen MR) is 47.8 cm³/mol. The van der Waals surface area contributed by atoms with E-state index in [1.165, 1.54) is 18.2 Å². The van der Waals surface area contributed by atoms with E-state index in [2.05, 4.69) is 4.18 Å². The van der Waals surface area contributed by atoms with E-state index in [0.717, 1.165) is 12.3 Å². The molecule has 1 rings (SSSR count). The summed E-state index contributed by atoms with van der Waals surface area (Å²) >= 11 is 0. The molecule has 0 saturated heterocycles. The van der Waals surface area contributed by atoms with Crippen molar-refractivity contribution in [1.29, 1.82) is 0 Å². The summed E-state index contributed by atoms with van der Waals surface area (Å²) < 4.78 is 42.7. The molecular formula is C8H9FO4S. The maximum absolute atomic E-state index is 12.6. The highest BCUT2D eigenvalue weighted by Crippen LogP contribution is 2.11. The molecule has 0 aromatic heterocycles. The molecule has 6 heteroatoms. The quantitative estimate of drug-likeness (QED) is 0.564. The van der Waals surface area contributed by atoms with Gasteiger partial charge in [-0.05, 0) is 12.1 Å². The molecule has 0 fully saturated rings. The minimum atomic E-state index is -3.52. The van der Waals surface area contributed by atoms with Crippen molar-refractivity contribution < 1.29 is 21.7 Å². The highest BCUT2D eigenvalue weighted by molar-refractivity contribution is 7.85. The van der Waals surface area contributed by atoms with Crippen molar-refractivity contribution >= 4 is 10.1 Å². The van der Waals surface area contributed by atoms with Crippen LogP contribution in [0.4, 0.5) is 4.39 Å². The fraction of sp³-hybridized carbons (Fsp3) is 0.250. The van der Waals surface area contributed by atoms with Gasteiger partial charge in [-0.2, -0.15) is 8.42 Å². The van der Waals surface area contributed by atoms with Gasteiger partial charge in [0.05, 0.1) is 6.26 Å². The van der Waals surface area contributed by atoms with E-state index < -0.39 is 22.7 Å². The third-order valence-electron chi connectivity index (χ3n) is 1.28. The molecule has 1 aromatic carbocycles. The lowest BCUT2D eigenvalue weighted by atomic mass is 10.3. The Kier molecular flexibility index (Phi) is 3.43. The highest BCUT2D eigenvalue weighted by atomic mass is 32.2. The van der Waals surface area contributed by atoms with E-state index in [9.17, 15) is 12.8 Å². The molecule has 0 spiro atoms. The first-order chi connectivity index (χ1) is 6.47. The molecule has 0 amide bonds. The maximum Gasteiger partial charge on any atom is 0.267 e. The lowest BCUT2D eigenvalue weighted by Crippen LogP contribution is -2.09. The predicted octanol–water partition coefficient (Wildman–Crippen LogP) is 1.14. The van der Waals surface area contributed by atoms with Gasteiger partial charge < -0.3 is 4.74 Å². The summed E-state index contributed by atoms with van der Waals surface area (Å²) in [4.78, 5) is 0. The molecule has 0 aliphatic heterocycles. The Morgan fingerprint density at radius 3 is 2.71 bits per heavy atom. The van der Waals surface area contributed by atoms with Gasteiger partial charge in [0.25, 0.3) is 10.1 Å². The van der Waals surface area contributed by atoms with Crippen LogP contribution in [-0.4, -0.2) is 21.5 Å². The lowest BCUT2D eigenvalue weighted by molar-refractivity contribution is 0.127. The summed E-state index contributed by atoms with van der Waals surface area (Å²) in [6.45, 7) is -0.456. The minimum Gasteiger partial charge on any atom is -0.466 e. The average molecular weight is 220 g/mol. The zero-order valence-corrected chi connectivity index (χ0v) is 8.25. The molecule has 0 saturated carbocycles. The molecule has 0 radical (unpaired) electrons. The second kappa shape index (κ2) is 4.39. The van der Waals surface area contributed by atoms with Crippen LogP contribution < -0.4 is 4.74 Å². The van der Waals surface area contributed by atoms with Gasteiger partial charge in [-0.3, -0.25) is 0 Å². The van der Waals surface area contributed by atoms with E-state index >= 15 is 0 Å². The number of hydrogen-bond acceptors (Lipinski definition) is 4. The smallest absolute Gasteiger partial charge is 0.267 e. The van der Waals surface area contributed by atoms with Crippen molar-refractivity contribution in [2.24, 2.45) is 0 Å². The van der Waals surface area contributed by atoms with Crippen molar-refractivity contribution in [3.63, 3.8) is 0 Å². The standard InChI is InChI=1S/C8H9FO4S/c1-14(10,11)13-6-12-8-4-2-3-7(9)5-8/h2-5H,6H2,1H3. The largest absolute Gasteiger partial charge is 0.466 e. The number of hydrogen-bond donors (Lipinski definition) is 0. The molecule has 0 bridgehead atoms. The van der Waals surface area contributed by atoms with Crippen LogP contribution in [0.25, 0.3) is 0 Å². The fourth-order valence-corrected chi connectivity index (χ4v) is 0.959. The van der Waals surface area contributed by atoms with Gasteiger partial charge in [0, 0.05) is 6.07 Å². The summed E-state index contributed by atoms with van der Waals surface area (Å²) in [6, 6.07) is 5.33. The van der Waals surface area contributed by atoms with E-state index in [0.29, 0.717) is 0 Å². The number of rotatable bonds is 4. The normalized spacial score (nSPS) is 11.3. The highest BCUT2D eigenvalue weighted by Gasteiger charge is 2.01. The van der Waals surface area contributed by atoms with Gasteiger partial charge in [0.2, 0.25) is 6.79 Å². The van der Waals surface area contributed by atoms with Crippen molar-refractivity contribution in [2.75, 3.05) is 13.0 Å². The lowest BCUT2D eigenvalue weighted by Gasteiger charge is -2.04. The Morgan fingerprint density at radius 2 is 2.14 bits per heavy atom. The number of halogens is 1.